The average Bonchev–Trinajstić information content (AvgIpc) is 3.10. The molecule has 0 atom stereocenters. The van der Waals surface area contributed by atoms with E-state index in [1.807, 2.05) is 28.5 Å². The van der Waals surface area contributed by atoms with E-state index in [9.17, 15) is 0 Å². The van der Waals surface area contributed by atoms with Crippen LogP contribution in [0.15, 0.2) is 40.7 Å². The van der Waals surface area contributed by atoms with Crippen LogP contribution >= 0.6 is 0 Å². The van der Waals surface area contributed by atoms with Crippen LogP contribution in [0.3, 0.4) is 0 Å². The second-order valence-corrected chi connectivity index (χ2v) is 40.9. The third-order valence-corrected chi connectivity index (χ3v) is 22.8. The summed E-state index contributed by atoms with van der Waals surface area (Å²) in [4.78, 5) is 0. The average molecular weight is 497 g/mol. The van der Waals surface area contributed by atoms with Gasteiger partial charge in [0.05, 0.1) is 0 Å². The molecule has 0 aromatic heterocycles. The molecule has 2 rings (SSSR count). The van der Waals surface area contributed by atoms with E-state index in [-0.39, 0.29) is 0 Å². The number of rotatable bonds is 6. The first kappa shape index (κ1) is 25.8. The van der Waals surface area contributed by atoms with Crippen molar-refractivity contribution in [2.75, 3.05) is 0 Å². The number of hydrogen-bond acceptors (Lipinski definition) is 0. The van der Waals surface area contributed by atoms with Crippen LogP contribution in [0.25, 0.3) is 0 Å². The summed E-state index contributed by atoms with van der Waals surface area (Å²) in [5, 5.41) is 13.1. The van der Waals surface area contributed by atoms with Gasteiger partial charge in [0.1, 0.15) is 0 Å². The van der Waals surface area contributed by atoms with Crippen molar-refractivity contribution in [2.24, 2.45) is 0 Å². The molecule has 0 aliphatic heterocycles. The quantitative estimate of drug-likeness (QED) is 0.322. The van der Waals surface area contributed by atoms with Crippen molar-refractivity contribution in [3.8, 4) is 0 Å². The maximum absolute atomic E-state index is 2.78. The van der Waals surface area contributed by atoms with E-state index < -0.39 is 48.9 Å². The fourth-order valence-electron chi connectivity index (χ4n) is 5.42. The summed E-state index contributed by atoms with van der Waals surface area (Å²) >= 11 is -2.43. The molecule has 0 N–H and O–H groups in total. The van der Waals surface area contributed by atoms with Gasteiger partial charge in [-0.2, -0.15) is 0 Å². The van der Waals surface area contributed by atoms with Gasteiger partial charge in [0.25, 0.3) is 0 Å². The molecule has 0 spiro atoms. The van der Waals surface area contributed by atoms with E-state index in [1.165, 1.54) is 12.8 Å². The zero-order chi connectivity index (χ0) is 22.8. The number of hydrogen-bond donors (Lipinski definition) is 0. The van der Waals surface area contributed by atoms with Crippen molar-refractivity contribution < 1.29 is 16.6 Å². The molecule has 0 heterocycles. The molecule has 0 fully saturated rings. The second-order valence-electron chi connectivity index (χ2n) is 14.0. The minimum absolute atomic E-state index is 1.26. The Kier molecular flexibility index (Phi) is 6.98. The molecule has 2 aliphatic carbocycles. The summed E-state index contributed by atoms with van der Waals surface area (Å²) in [7, 11) is -5.36. The molecule has 164 valence electrons. The number of allylic oxidation sites excluding steroid dienone is 8. The Morgan fingerprint density at radius 1 is 0.517 bits per heavy atom. The van der Waals surface area contributed by atoms with Crippen LogP contribution in [0.4, 0.5) is 0 Å². The van der Waals surface area contributed by atoms with Crippen molar-refractivity contribution in [3.05, 3.63) is 40.7 Å². The molecule has 0 aromatic carbocycles. The Morgan fingerprint density at radius 2 is 0.793 bits per heavy atom. The summed E-state index contributed by atoms with van der Waals surface area (Å²) in [6.45, 7) is 31.1. The Labute approximate surface area is 190 Å². The van der Waals surface area contributed by atoms with Crippen molar-refractivity contribution in [1.29, 1.82) is 0 Å². The van der Waals surface area contributed by atoms with Crippen LogP contribution in [-0.4, -0.2) is 32.3 Å². The van der Waals surface area contributed by atoms with Crippen molar-refractivity contribution in [3.63, 3.8) is 0 Å². The molecule has 0 nitrogen and oxygen atoms in total. The molecule has 29 heavy (non-hydrogen) atoms. The molecule has 0 bridgehead atoms. The monoisotopic (exact) mass is 496 g/mol. The third kappa shape index (κ3) is 5.14. The van der Waals surface area contributed by atoms with E-state index in [0.29, 0.717) is 0 Å². The summed E-state index contributed by atoms with van der Waals surface area (Å²) in [6, 6.07) is 0. The second kappa shape index (κ2) is 7.84. The molecular formula is C24H48Si4Ti. The van der Waals surface area contributed by atoms with Gasteiger partial charge in [-0.05, 0) is 0 Å². The van der Waals surface area contributed by atoms with Crippen molar-refractivity contribution >= 4 is 32.3 Å². The van der Waals surface area contributed by atoms with E-state index in [1.54, 1.807) is 0 Å². The predicted molar refractivity (Wildman–Crippen MR) is 145 cm³/mol. The van der Waals surface area contributed by atoms with Gasteiger partial charge in [-0.15, -0.1) is 0 Å². The molecule has 0 amide bonds. The first-order chi connectivity index (χ1) is 12.7. The van der Waals surface area contributed by atoms with Crippen LogP contribution in [0, 0.1) is 0 Å². The van der Waals surface area contributed by atoms with Gasteiger partial charge in [-0.25, -0.2) is 0 Å². The summed E-state index contributed by atoms with van der Waals surface area (Å²) < 4.78 is 3.94. The Balaban J connectivity index is 2.87. The fourth-order valence-corrected chi connectivity index (χ4v) is 29.8. The normalized spacial score (nSPS) is 19.9. The molecule has 0 aromatic rings. The summed E-state index contributed by atoms with van der Waals surface area (Å²) in [6.07, 6.45) is 7.93. The van der Waals surface area contributed by atoms with Crippen LogP contribution in [0.2, 0.25) is 89.0 Å². The summed E-state index contributed by atoms with van der Waals surface area (Å²) in [5.41, 5.74) is 0. The van der Waals surface area contributed by atoms with Crippen LogP contribution in [0.5, 0.6) is 0 Å². The maximum atomic E-state index is 2.78. The zero-order valence-electron chi connectivity index (χ0n) is 22.1. The fraction of sp³-hybridized carbons (Fsp3) is 0.667. The molecule has 2 aliphatic rings. The van der Waals surface area contributed by atoms with E-state index in [0.717, 1.165) is 0 Å². The van der Waals surface area contributed by atoms with Gasteiger partial charge in [-0.1, -0.05) is 0 Å². The molecule has 0 saturated carbocycles. The van der Waals surface area contributed by atoms with Gasteiger partial charge >= 0.3 is 191 Å². The standard InChI is InChI=1S/2C11H21Si2.2CH3.Ti/c2*1-12(2,3)10-7-8-11(9-10)13(4,5)6;;;/h2*7H,8H2,1-6H3;2*1H3;. The predicted octanol–water partition coefficient (Wildman–Crippen LogP) is 8.91. The molecular weight excluding hydrogens is 448 g/mol. The van der Waals surface area contributed by atoms with E-state index in [4.69, 9.17) is 0 Å². The van der Waals surface area contributed by atoms with Gasteiger partial charge in [0.15, 0.2) is 0 Å². The first-order valence-corrected chi connectivity index (χ1v) is 30.3. The first-order valence-electron chi connectivity index (χ1n) is 11.6. The van der Waals surface area contributed by atoms with E-state index in [2.05, 4.69) is 101 Å². The Morgan fingerprint density at radius 3 is 1.00 bits per heavy atom. The molecule has 5 heteroatoms. The minimum atomic E-state index is -2.43. The van der Waals surface area contributed by atoms with Gasteiger partial charge in [-0.3, -0.25) is 0 Å². The zero-order valence-corrected chi connectivity index (χ0v) is 27.6. The summed E-state index contributed by atoms with van der Waals surface area (Å²) in [5.74, 6) is 0. The topological polar surface area (TPSA) is 0 Å². The van der Waals surface area contributed by atoms with E-state index >= 15 is 0 Å². The Bertz CT molecular complexity index is 743. The third-order valence-electron chi connectivity index (χ3n) is 6.84. The van der Waals surface area contributed by atoms with Gasteiger partial charge in [0.2, 0.25) is 0 Å². The molecule has 0 unspecified atom stereocenters. The molecule has 0 radical (unpaired) electrons. The van der Waals surface area contributed by atoms with Gasteiger partial charge in [0, 0.05) is 0 Å². The SMILES string of the molecule is C[Si](C)(C)C1=CCC([Si](C)(C)C)=[C]1[Ti]([CH3])([CH3])[C]1=C([Si](C)(C)C)CC=C1[Si](C)(C)C. The molecule has 0 saturated heterocycles. The van der Waals surface area contributed by atoms with Crippen molar-refractivity contribution in [2.45, 2.75) is 102 Å². The van der Waals surface area contributed by atoms with Crippen LogP contribution in [-0.2, 0) is 16.6 Å². The van der Waals surface area contributed by atoms with Crippen LogP contribution in [0.1, 0.15) is 12.8 Å². The Hall–Kier alpha value is 0.542. The van der Waals surface area contributed by atoms with Crippen molar-refractivity contribution in [1.82, 2.24) is 0 Å². The van der Waals surface area contributed by atoms with Gasteiger partial charge < -0.3 is 0 Å². The van der Waals surface area contributed by atoms with Crippen LogP contribution < -0.4 is 0 Å².